The van der Waals surface area contributed by atoms with Crippen LogP contribution in [-0.2, 0) is 0 Å². The van der Waals surface area contributed by atoms with E-state index < -0.39 is 0 Å². The van der Waals surface area contributed by atoms with Crippen LogP contribution in [-0.4, -0.2) is 0 Å². The van der Waals surface area contributed by atoms with Gasteiger partial charge in [0.2, 0.25) is 5.43 Å². The number of fused-ring (bicyclic) bond motifs is 2. The predicted molar refractivity (Wildman–Crippen MR) is 82.7 cm³/mol. The standard InChI is InChI=1S/C13H8O2.2C2H6/c14-13-9-5-1-3-7-11(9)15-12-8-4-2-6-10(12)13;2*1-2/h1-8H;2*1-2H3. The molecule has 0 aliphatic rings. The molecule has 2 aromatic carbocycles. The quantitative estimate of drug-likeness (QED) is 0.530. The van der Waals surface area contributed by atoms with Crippen molar-refractivity contribution in [1.29, 1.82) is 0 Å². The summed E-state index contributed by atoms with van der Waals surface area (Å²) < 4.78 is 5.63. The zero-order valence-corrected chi connectivity index (χ0v) is 11.9. The van der Waals surface area contributed by atoms with Crippen molar-refractivity contribution in [2.75, 3.05) is 0 Å². The normalized spacial score (nSPS) is 9.26. The Bertz CT molecular complexity index is 639. The highest BCUT2D eigenvalue weighted by Gasteiger charge is 2.04. The van der Waals surface area contributed by atoms with Gasteiger partial charge in [0, 0.05) is 0 Å². The van der Waals surface area contributed by atoms with Crippen LogP contribution in [0.25, 0.3) is 21.9 Å². The van der Waals surface area contributed by atoms with Crippen molar-refractivity contribution in [3.05, 3.63) is 58.8 Å². The molecule has 0 saturated heterocycles. The van der Waals surface area contributed by atoms with Gasteiger partial charge in [-0.1, -0.05) is 52.0 Å². The smallest absolute Gasteiger partial charge is 0.200 e. The molecule has 0 bridgehead atoms. The van der Waals surface area contributed by atoms with E-state index in [-0.39, 0.29) is 5.43 Å². The van der Waals surface area contributed by atoms with E-state index in [4.69, 9.17) is 4.42 Å². The largest absolute Gasteiger partial charge is 0.456 e. The first-order chi connectivity index (χ1) is 9.36. The Balaban J connectivity index is 0.000000415. The zero-order valence-electron chi connectivity index (χ0n) is 11.9. The molecule has 100 valence electrons. The maximum Gasteiger partial charge on any atom is 0.200 e. The highest BCUT2D eigenvalue weighted by atomic mass is 16.3. The molecule has 0 aliphatic heterocycles. The molecule has 1 heterocycles. The molecule has 0 unspecified atom stereocenters. The molecule has 0 radical (unpaired) electrons. The highest BCUT2D eigenvalue weighted by molar-refractivity contribution is 5.89. The fourth-order valence-corrected chi connectivity index (χ4v) is 1.75. The van der Waals surface area contributed by atoms with Crippen LogP contribution in [0.4, 0.5) is 0 Å². The minimum absolute atomic E-state index is 0.0347. The number of benzene rings is 2. The van der Waals surface area contributed by atoms with Gasteiger partial charge in [0.1, 0.15) is 11.2 Å². The lowest BCUT2D eigenvalue weighted by molar-refractivity contribution is 0.660. The second-order valence-electron chi connectivity index (χ2n) is 3.42. The Hall–Kier alpha value is -2.09. The second kappa shape index (κ2) is 7.37. The van der Waals surface area contributed by atoms with E-state index >= 15 is 0 Å². The van der Waals surface area contributed by atoms with E-state index in [1.807, 2.05) is 64.1 Å². The van der Waals surface area contributed by atoms with E-state index in [0.29, 0.717) is 21.9 Å². The maximum absolute atomic E-state index is 12.0. The molecule has 3 rings (SSSR count). The minimum Gasteiger partial charge on any atom is -0.456 e. The van der Waals surface area contributed by atoms with E-state index in [2.05, 4.69) is 0 Å². The number of para-hydroxylation sites is 2. The molecule has 19 heavy (non-hydrogen) atoms. The molecule has 2 heteroatoms. The van der Waals surface area contributed by atoms with Crippen LogP contribution in [0.15, 0.2) is 57.7 Å². The Morgan fingerprint density at radius 1 is 0.684 bits per heavy atom. The first-order valence-corrected chi connectivity index (χ1v) is 6.77. The maximum atomic E-state index is 12.0. The third-order valence-electron chi connectivity index (χ3n) is 2.48. The first kappa shape index (κ1) is 15.0. The van der Waals surface area contributed by atoms with Crippen molar-refractivity contribution in [2.24, 2.45) is 0 Å². The van der Waals surface area contributed by atoms with Crippen molar-refractivity contribution >= 4 is 21.9 Å². The second-order valence-corrected chi connectivity index (χ2v) is 3.42. The minimum atomic E-state index is 0.0347. The fourth-order valence-electron chi connectivity index (χ4n) is 1.75. The van der Waals surface area contributed by atoms with Crippen LogP contribution < -0.4 is 5.43 Å². The molecule has 0 amide bonds. The molecule has 0 spiro atoms. The summed E-state index contributed by atoms with van der Waals surface area (Å²) in [5.41, 5.74) is 1.31. The summed E-state index contributed by atoms with van der Waals surface area (Å²) in [6.45, 7) is 8.00. The number of hydrogen-bond acceptors (Lipinski definition) is 2. The fraction of sp³-hybridized carbons (Fsp3) is 0.235. The average molecular weight is 256 g/mol. The molecule has 0 fully saturated rings. The monoisotopic (exact) mass is 256 g/mol. The summed E-state index contributed by atoms with van der Waals surface area (Å²) in [6, 6.07) is 14.6. The van der Waals surface area contributed by atoms with Gasteiger partial charge in [0.15, 0.2) is 0 Å². The van der Waals surface area contributed by atoms with Gasteiger partial charge in [0.25, 0.3) is 0 Å². The summed E-state index contributed by atoms with van der Waals surface area (Å²) >= 11 is 0. The SMILES string of the molecule is CC.CC.O=c1c2ccccc2oc2ccccc12. The summed E-state index contributed by atoms with van der Waals surface area (Å²) in [5, 5.41) is 1.27. The van der Waals surface area contributed by atoms with Crippen LogP contribution in [0.2, 0.25) is 0 Å². The summed E-state index contributed by atoms with van der Waals surface area (Å²) in [6.07, 6.45) is 0. The van der Waals surface area contributed by atoms with Crippen LogP contribution in [0.3, 0.4) is 0 Å². The van der Waals surface area contributed by atoms with Gasteiger partial charge in [-0.15, -0.1) is 0 Å². The Labute approximate surface area is 113 Å². The van der Waals surface area contributed by atoms with Crippen molar-refractivity contribution < 1.29 is 4.42 Å². The molecule has 0 N–H and O–H groups in total. The molecule has 0 atom stereocenters. The Morgan fingerprint density at radius 2 is 1.05 bits per heavy atom. The van der Waals surface area contributed by atoms with E-state index in [1.54, 1.807) is 12.1 Å². The molecular weight excluding hydrogens is 236 g/mol. The van der Waals surface area contributed by atoms with Crippen molar-refractivity contribution in [2.45, 2.75) is 27.7 Å². The van der Waals surface area contributed by atoms with Crippen LogP contribution in [0.5, 0.6) is 0 Å². The Kier molecular flexibility index (Phi) is 5.80. The molecule has 2 nitrogen and oxygen atoms in total. The van der Waals surface area contributed by atoms with Crippen LogP contribution in [0, 0.1) is 0 Å². The first-order valence-electron chi connectivity index (χ1n) is 6.77. The van der Waals surface area contributed by atoms with Crippen molar-refractivity contribution in [3.8, 4) is 0 Å². The lowest BCUT2D eigenvalue weighted by atomic mass is 10.1. The van der Waals surface area contributed by atoms with Crippen molar-refractivity contribution in [3.63, 3.8) is 0 Å². The van der Waals surface area contributed by atoms with Crippen LogP contribution >= 0.6 is 0 Å². The van der Waals surface area contributed by atoms with E-state index in [9.17, 15) is 4.79 Å². The van der Waals surface area contributed by atoms with Gasteiger partial charge >= 0.3 is 0 Å². The predicted octanol–water partition coefficient (Wildman–Crippen LogP) is 5.00. The van der Waals surface area contributed by atoms with Crippen molar-refractivity contribution in [1.82, 2.24) is 0 Å². The highest BCUT2D eigenvalue weighted by Crippen LogP contribution is 2.17. The lowest BCUT2D eigenvalue weighted by Crippen LogP contribution is -2.01. The van der Waals surface area contributed by atoms with Gasteiger partial charge in [-0.25, -0.2) is 0 Å². The van der Waals surface area contributed by atoms with E-state index in [0.717, 1.165) is 0 Å². The molecule has 3 aromatic rings. The Morgan fingerprint density at radius 3 is 1.47 bits per heavy atom. The number of hydrogen-bond donors (Lipinski definition) is 0. The molecule has 0 saturated carbocycles. The topological polar surface area (TPSA) is 30.2 Å². The summed E-state index contributed by atoms with van der Waals surface area (Å²) in [4.78, 5) is 12.0. The van der Waals surface area contributed by atoms with Gasteiger partial charge in [-0.05, 0) is 24.3 Å². The van der Waals surface area contributed by atoms with Gasteiger partial charge in [0.05, 0.1) is 10.8 Å². The number of rotatable bonds is 0. The summed E-state index contributed by atoms with van der Waals surface area (Å²) in [7, 11) is 0. The molecule has 1 aromatic heterocycles. The van der Waals surface area contributed by atoms with Gasteiger partial charge in [-0.3, -0.25) is 4.79 Å². The van der Waals surface area contributed by atoms with Gasteiger partial charge in [-0.2, -0.15) is 0 Å². The molecule has 0 aliphatic carbocycles. The van der Waals surface area contributed by atoms with Crippen LogP contribution in [0.1, 0.15) is 27.7 Å². The zero-order chi connectivity index (χ0) is 14.3. The third kappa shape index (κ3) is 3.02. The average Bonchev–Trinajstić information content (AvgIpc) is 2.52. The lowest BCUT2D eigenvalue weighted by Gasteiger charge is -1.99. The van der Waals surface area contributed by atoms with E-state index in [1.165, 1.54) is 0 Å². The summed E-state index contributed by atoms with van der Waals surface area (Å²) in [5.74, 6) is 0. The third-order valence-corrected chi connectivity index (χ3v) is 2.48. The molecular formula is C17H20O2. The van der Waals surface area contributed by atoms with Gasteiger partial charge < -0.3 is 4.42 Å².